The van der Waals surface area contributed by atoms with Crippen molar-refractivity contribution in [1.82, 2.24) is 4.98 Å². The molecular formula is C19H13BrN2O3. The summed E-state index contributed by atoms with van der Waals surface area (Å²) in [5.41, 5.74) is 2.79. The molecule has 0 N–H and O–H groups in total. The van der Waals surface area contributed by atoms with Crippen molar-refractivity contribution < 1.29 is 9.34 Å². The maximum Gasteiger partial charge on any atom is 0.272 e. The predicted octanol–water partition coefficient (Wildman–Crippen LogP) is 5.88. The van der Waals surface area contributed by atoms with E-state index in [1.54, 1.807) is 6.07 Å². The third-order valence-electron chi connectivity index (χ3n) is 4.24. The second-order valence-corrected chi connectivity index (χ2v) is 6.58. The third kappa shape index (κ3) is 2.59. The van der Waals surface area contributed by atoms with Gasteiger partial charge in [0.05, 0.1) is 4.92 Å². The smallest absolute Gasteiger partial charge is 0.272 e. The lowest BCUT2D eigenvalue weighted by Crippen LogP contribution is -1.90. The van der Waals surface area contributed by atoms with Crippen molar-refractivity contribution in [2.24, 2.45) is 0 Å². The molecule has 0 bridgehead atoms. The largest absolute Gasteiger partial charge is 0.436 e. The first kappa shape index (κ1) is 15.8. The highest BCUT2D eigenvalue weighted by Gasteiger charge is 2.18. The number of rotatable bonds is 3. The van der Waals surface area contributed by atoms with Gasteiger partial charge in [-0.15, -0.1) is 0 Å². The van der Waals surface area contributed by atoms with Crippen molar-refractivity contribution in [3.05, 3.63) is 68.7 Å². The number of fused-ring (bicyclic) bond motifs is 2. The number of hydrogen-bond donors (Lipinski definition) is 0. The summed E-state index contributed by atoms with van der Waals surface area (Å²) in [7, 11) is 0. The molecule has 0 aliphatic rings. The number of non-ortho nitro benzene ring substituents is 1. The van der Waals surface area contributed by atoms with Gasteiger partial charge < -0.3 is 4.42 Å². The first-order chi connectivity index (χ1) is 12.1. The number of aryl methyl sites for hydroxylation is 1. The number of nitro groups is 1. The number of halogens is 1. The number of aromatic nitrogens is 1. The van der Waals surface area contributed by atoms with Gasteiger partial charge in [-0.2, -0.15) is 0 Å². The van der Waals surface area contributed by atoms with E-state index in [2.05, 4.69) is 20.9 Å². The van der Waals surface area contributed by atoms with Gasteiger partial charge in [-0.3, -0.25) is 10.1 Å². The average molecular weight is 397 g/mol. The maximum absolute atomic E-state index is 11.1. The molecule has 1 heterocycles. The van der Waals surface area contributed by atoms with Gasteiger partial charge in [0.1, 0.15) is 5.52 Å². The van der Waals surface area contributed by atoms with E-state index in [9.17, 15) is 10.1 Å². The quantitative estimate of drug-likeness (QED) is 0.320. The maximum atomic E-state index is 11.1. The van der Waals surface area contributed by atoms with E-state index < -0.39 is 4.92 Å². The second kappa shape index (κ2) is 5.97. The minimum atomic E-state index is -0.401. The van der Waals surface area contributed by atoms with Crippen LogP contribution < -0.4 is 0 Å². The van der Waals surface area contributed by atoms with Gasteiger partial charge in [-0.1, -0.05) is 47.1 Å². The summed E-state index contributed by atoms with van der Waals surface area (Å²) >= 11 is 3.56. The van der Waals surface area contributed by atoms with Crippen molar-refractivity contribution in [1.29, 1.82) is 0 Å². The number of nitro benzene ring substituents is 1. The molecule has 0 fully saturated rings. The summed E-state index contributed by atoms with van der Waals surface area (Å²) in [6.07, 6.45) is 0.633. The zero-order chi connectivity index (χ0) is 17.6. The lowest BCUT2D eigenvalue weighted by Gasteiger charge is -2.04. The van der Waals surface area contributed by atoms with Crippen LogP contribution in [0.1, 0.15) is 12.5 Å². The highest BCUT2D eigenvalue weighted by Crippen LogP contribution is 2.35. The van der Waals surface area contributed by atoms with E-state index >= 15 is 0 Å². The Bertz CT molecular complexity index is 1130. The van der Waals surface area contributed by atoms with Gasteiger partial charge in [-0.05, 0) is 29.3 Å². The van der Waals surface area contributed by atoms with E-state index in [1.165, 1.54) is 6.07 Å². The zero-order valence-corrected chi connectivity index (χ0v) is 14.9. The van der Waals surface area contributed by atoms with E-state index in [-0.39, 0.29) is 5.69 Å². The standard InChI is InChI=1S/C19H13BrN2O3/c1-2-11-9-12(22(23)24)10-17-18(11)25-19(21-17)15-7-3-6-14-13(15)5-4-8-16(14)20/h3-10H,2H2,1H3. The monoisotopic (exact) mass is 396 g/mol. The number of oxazole rings is 1. The number of hydrogen-bond acceptors (Lipinski definition) is 4. The lowest BCUT2D eigenvalue weighted by atomic mass is 10.0. The number of benzene rings is 3. The minimum Gasteiger partial charge on any atom is -0.436 e. The lowest BCUT2D eigenvalue weighted by molar-refractivity contribution is -0.384. The SMILES string of the molecule is CCc1cc([N+](=O)[O-])cc2nc(-c3cccc4c(Br)cccc34)oc12. The fourth-order valence-corrected chi connectivity index (χ4v) is 3.53. The fourth-order valence-electron chi connectivity index (χ4n) is 3.03. The topological polar surface area (TPSA) is 69.2 Å². The average Bonchev–Trinajstić information content (AvgIpc) is 3.04. The molecule has 0 aliphatic heterocycles. The highest BCUT2D eigenvalue weighted by atomic mass is 79.9. The van der Waals surface area contributed by atoms with Crippen LogP contribution in [0.5, 0.6) is 0 Å². The molecule has 0 unspecified atom stereocenters. The number of nitrogens with zero attached hydrogens (tertiary/aromatic N) is 2. The summed E-state index contributed by atoms with van der Waals surface area (Å²) in [4.78, 5) is 15.3. The Balaban J connectivity index is 2.00. The Kier molecular flexibility index (Phi) is 3.77. The van der Waals surface area contributed by atoms with Crippen molar-refractivity contribution in [3.8, 4) is 11.5 Å². The minimum absolute atomic E-state index is 0.0323. The van der Waals surface area contributed by atoms with Gasteiger partial charge in [0.2, 0.25) is 5.89 Å². The van der Waals surface area contributed by atoms with Gasteiger partial charge in [0.25, 0.3) is 5.69 Å². The molecule has 1 aromatic heterocycles. The molecule has 0 aliphatic carbocycles. The van der Waals surface area contributed by atoms with Crippen LogP contribution in [0.25, 0.3) is 33.3 Å². The molecule has 5 nitrogen and oxygen atoms in total. The molecule has 4 rings (SSSR count). The first-order valence-electron chi connectivity index (χ1n) is 7.84. The Labute approximate surface area is 151 Å². The fraction of sp³-hybridized carbons (Fsp3) is 0.105. The van der Waals surface area contributed by atoms with Gasteiger partial charge in [-0.25, -0.2) is 4.98 Å². The molecule has 4 aromatic rings. The van der Waals surface area contributed by atoms with Crippen molar-refractivity contribution in [2.45, 2.75) is 13.3 Å². The van der Waals surface area contributed by atoms with Crippen LogP contribution in [0, 0.1) is 10.1 Å². The molecule has 3 aromatic carbocycles. The molecular weight excluding hydrogens is 384 g/mol. The van der Waals surface area contributed by atoms with Gasteiger partial charge in [0.15, 0.2) is 5.58 Å². The summed E-state index contributed by atoms with van der Waals surface area (Å²) < 4.78 is 7.00. The molecule has 6 heteroatoms. The van der Waals surface area contributed by atoms with Crippen LogP contribution in [0.15, 0.2) is 57.4 Å². The Morgan fingerprint density at radius 3 is 2.68 bits per heavy atom. The summed E-state index contributed by atoms with van der Waals surface area (Å²) in [5.74, 6) is 0.467. The van der Waals surface area contributed by atoms with Gasteiger partial charge in [0, 0.05) is 27.7 Å². The van der Waals surface area contributed by atoms with Crippen molar-refractivity contribution in [2.75, 3.05) is 0 Å². The van der Waals surface area contributed by atoms with E-state index in [4.69, 9.17) is 4.42 Å². The van der Waals surface area contributed by atoms with Crippen molar-refractivity contribution >= 4 is 43.5 Å². The van der Waals surface area contributed by atoms with Crippen LogP contribution >= 0.6 is 15.9 Å². The molecule has 0 radical (unpaired) electrons. The molecule has 0 atom stereocenters. The molecule has 0 amide bonds. The van der Waals surface area contributed by atoms with Crippen LogP contribution in [0.4, 0.5) is 5.69 Å². The predicted molar refractivity (Wildman–Crippen MR) is 101 cm³/mol. The molecule has 0 saturated heterocycles. The van der Waals surface area contributed by atoms with Crippen molar-refractivity contribution in [3.63, 3.8) is 0 Å². The highest BCUT2D eigenvalue weighted by molar-refractivity contribution is 9.10. The normalized spacial score (nSPS) is 11.3. The van der Waals surface area contributed by atoms with Crippen LogP contribution in [-0.2, 0) is 6.42 Å². The third-order valence-corrected chi connectivity index (χ3v) is 4.93. The van der Waals surface area contributed by atoms with Crippen LogP contribution in [0.3, 0.4) is 0 Å². The molecule has 0 spiro atoms. The Hall–Kier alpha value is -2.73. The second-order valence-electron chi connectivity index (χ2n) is 5.72. The summed E-state index contributed by atoms with van der Waals surface area (Å²) in [6, 6.07) is 14.9. The summed E-state index contributed by atoms with van der Waals surface area (Å²) in [6.45, 7) is 1.94. The Morgan fingerprint density at radius 2 is 1.92 bits per heavy atom. The Morgan fingerprint density at radius 1 is 1.16 bits per heavy atom. The van der Waals surface area contributed by atoms with Crippen LogP contribution in [0.2, 0.25) is 0 Å². The first-order valence-corrected chi connectivity index (χ1v) is 8.63. The molecule has 124 valence electrons. The van der Waals surface area contributed by atoms with Crippen LogP contribution in [-0.4, -0.2) is 9.91 Å². The summed E-state index contributed by atoms with van der Waals surface area (Å²) in [5, 5.41) is 13.2. The molecule has 25 heavy (non-hydrogen) atoms. The van der Waals surface area contributed by atoms with E-state index in [0.717, 1.165) is 26.4 Å². The van der Waals surface area contributed by atoms with E-state index in [0.29, 0.717) is 23.4 Å². The molecule has 0 saturated carbocycles. The van der Waals surface area contributed by atoms with Gasteiger partial charge >= 0.3 is 0 Å². The van der Waals surface area contributed by atoms with E-state index in [1.807, 2.05) is 43.3 Å². The zero-order valence-electron chi connectivity index (χ0n) is 13.3.